The summed E-state index contributed by atoms with van der Waals surface area (Å²) in [5, 5.41) is 11.5. The number of amides is 1. The highest BCUT2D eigenvalue weighted by Gasteiger charge is 2.24. The van der Waals surface area contributed by atoms with E-state index in [-0.39, 0.29) is 12.5 Å². The van der Waals surface area contributed by atoms with E-state index in [4.69, 9.17) is 9.84 Å². The van der Waals surface area contributed by atoms with Crippen LogP contribution in [0.4, 0.5) is 9.59 Å². The van der Waals surface area contributed by atoms with E-state index >= 15 is 0 Å². The van der Waals surface area contributed by atoms with Crippen molar-refractivity contribution in [2.75, 3.05) is 0 Å². The van der Waals surface area contributed by atoms with Crippen LogP contribution in [0.15, 0.2) is 67.8 Å². The molecule has 0 saturated carbocycles. The quantitative estimate of drug-likeness (QED) is 0.655. The molecule has 2 N–H and O–H groups in total. The Morgan fingerprint density at radius 2 is 1.58 bits per heavy atom. The summed E-state index contributed by atoms with van der Waals surface area (Å²) in [5.74, 6) is -1.09. The lowest BCUT2D eigenvalue weighted by Gasteiger charge is -2.22. The van der Waals surface area contributed by atoms with Crippen LogP contribution < -0.4 is 5.32 Å². The molecule has 1 atom stereocenters. The summed E-state index contributed by atoms with van der Waals surface area (Å²) in [4.78, 5) is 41.6. The summed E-state index contributed by atoms with van der Waals surface area (Å²) >= 11 is 0. The zero-order chi connectivity index (χ0) is 22.9. The van der Waals surface area contributed by atoms with Gasteiger partial charge in [-0.15, -0.1) is 0 Å². The topological polar surface area (TPSA) is 128 Å². The molecule has 0 saturated heterocycles. The third-order valence-electron chi connectivity index (χ3n) is 3.72. The second kappa shape index (κ2) is 10.7. The van der Waals surface area contributed by atoms with Crippen molar-refractivity contribution in [2.24, 2.45) is 0 Å². The van der Waals surface area contributed by atoms with Gasteiger partial charge in [0, 0.05) is 31.2 Å². The maximum absolute atomic E-state index is 11.6. The number of benzene rings is 1. The van der Waals surface area contributed by atoms with E-state index in [2.05, 4.69) is 15.3 Å². The predicted octanol–water partition coefficient (Wildman–Crippen LogP) is 2.80. The summed E-state index contributed by atoms with van der Waals surface area (Å²) in [7, 11) is 0. The molecule has 10 heteroatoms. The average molecular weight is 427 g/mol. The molecule has 3 aromatic rings. The normalized spacial score (nSPS) is 11.6. The highest BCUT2D eigenvalue weighted by Crippen LogP contribution is 2.08. The van der Waals surface area contributed by atoms with Crippen molar-refractivity contribution in [2.45, 2.75) is 38.8 Å². The molecule has 2 aromatic heterocycles. The molecule has 0 spiro atoms. The standard InChI is InChI=1S/C14H19NO4.C7H6N4O/c1-14(2,3)19-13(18)15-11(12(16)17)9-10-7-5-4-6-8-10;12-7(10-3-1-8-5-10)11-4-2-9-6-11/h4-8,11H,9H2,1-3H3,(H,15,18)(H,16,17);1-6H/t11-;/m0./s1. The first kappa shape index (κ1) is 23.3. The molecule has 10 nitrogen and oxygen atoms in total. The Morgan fingerprint density at radius 3 is 2.00 bits per heavy atom. The van der Waals surface area contributed by atoms with E-state index in [9.17, 15) is 14.4 Å². The van der Waals surface area contributed by atoms with Crippen LogP contribution in [0.5, 0.6) is 0 Å². The van der Waals surface area contributed by atoms with Crippen LogP contribution in [0.1, 0.15) is 26.3 Å². The maximum Gasteiger partial charge on any atom is 0.408 e. The van der Waals surface area contributed by atoms with Gasteiger partial charge in [0.05, 0.1) is 0 Å². The molecule has 1 aromatic carbocycles. The number of alkyl carbamates (subject to hydrolysis) is 1. The number of rotatable bonds is 4. The Hall–Kier alpha value is -3.95. The van der Waals surface area contributed by atoms with Crippen molar-refractivity contribution in [3.05, 3.63) is 73.3 Å². The van der Waals surface area contributed by atoms with Crippen LogP contribution in [0.2, 0.25) is 0 Å². The number of ether oxygens (including phenoxy) is 1. The van der Waals surface area contributed by atoms with Crippen molar-refractivity contribution >= 4 is 18.1 Å². The van der Waals surface area contributed by atoms with Gasteiger partial charge in [-0.2, -0.15) is 0 Å². The van der Waals surface area contributed by atoms with Crippen LogP contribution in [-0.4, -0.2) is 53.9 Å². The Labute approximate surface area is 179 Å². The van der Waals surface area contributed by atoms with E-state index in [1.165, 1.54) is 21.8 Å². The van der Waals surface area contributed by atoms with E-state index in [0.29, 0.717) is 0 Å². The first-order chi connectivity index (χ1) is 14.7. The van der Waals surface area contributed by atoms with E-state index in [1.807, 2.05) is 30.3 Å². The van der Waals surface area contributed by atoms with Crippen molar-refractivity contribution in [1.82, 2.24) is 24.4 Å². The Kier molecular flexibility index (Phi) is 8.07. The van der Waals surface area contributed by atoms with Gasteiger partial charge in [0.1, 0.15) is 24.3 Å². The Morgan fingerprint density at radius 1 is 1.03 bits per heavy atom. The third kappa shape index (κ3) is 8.13. The van der Waals surface area contributed by atoms with Crippen molar-refractivity contribution in [3.8, 4) is 0 Å². The summed E-state index contributed by atoms with van der Waals surface area (Å²) < 4.78 is 7.80. The number of nitrogens with one attached hydrogen (secondary N) is 1. The van der Waals surface area contributed by atoms with Crippen LogP contribution in [0, 0.1) is 0 Å². The summed E-state index contributed by atoms with van der Waals surface area (Å²) in [6.45, 7) is 5.17. The van der Waals surface area contributed by atoms with Crippen LogP contribution in [-0.2, 0) is 16.0 Å². The minimum absolute atomic E-state index is 0.190. The smallest absolute Gasteiger partial charge is 0.408 e. The van der Waals surface area contributed by atoms with E-state index in [0.717, 1.165) is 5.56 Å². The minimum Gasteiger partial charge on any atom is -0.480 e. The fourth-order valence-corrected chi connectivity index (χ4v) is 2.38. The molecular weight excluding hydrogens is 402 g/mol. The maximum atomic E-state index is 11.6. The summed E-state index contributed by atoms with van der Waals surface area (Å²) in [6.07, 6.45) is 8.66. The fourth-order valence-electron chi connectivity index (χ4n) is 2.38. The molecule has 1 amide bonds. The highest BCUT2D eigenvalue weighted by molar-refractivity contribution is 5.80. The molecule has 3 rings (SSSR count). The number of aliphatic carboxylic acids is 1. The Bertz CT molecular complexity index is 927. The lowest BCUT2D eigenvalue weighted by Crippen LogP contribution is -2.44. The number of aromatic nitrogens is 4. The van der Waals surface area contributed by atoms with Gasteiger partial charge in [0.25, 0.3) is 0 Å². The van der Waals surface area contributed by atoms with Gasteiger partial charge in [-0.3, -0.25) is 9.13 Å². The van der Waals surface area contributed by atoms with Gasteiger partial charge in [0.2, 0.25) is 0 Å². The fraction of sp³-hybridized carbons (Fsp3) is 0.286. The molecule has 0 aliphatic heterocycles. The summed E-state index contributed by atoms with van der Waals surface area (Å²) in [5.41, 5.74) is 0.186. The lowest BCUT2D eigenvalue weighted by atomic mass is 10.1. The lowest BCUT2D eigenvalue weighted by molar-refractivity contribution is -0.139. The van der Waals surface area contributed by atoms with Crippen LogP contribution >= 0.6 is 0 Å². The van der Waals surface area contributed by atoms with Gasteiger partial charge in [-0.1, -0.05) is 30.3 Å². The zero-order valence-electron chi connectivity index (χ0n) is 17.5. The minimum atomic E-state index is -1.09. The number of carboxylic acid groups (broad SMARTS) is 1. The molecule has 0 fully saturated rings. The summed E-state index contributed by atoms with van der Waals surface area (Å²) in [6, 6.07) is 7.92. The van der Waals surface area contributed by atoms with Crippen molar-refractivity contribution < 1.29 is 24.2 Å². The van der Waals surface area contributed by atoms with Crippen molar-refractivity contribution in [1.29, 1.82) is 0 Å². The molecule has 31 heavy (non-hydrogen) atoms. The number of carbonyl (C=O) groups is 3. The highest BCUT2D eigenvalue weighted by atomic mass is 16.6. The molecule has 0 radical (unpaired) electrons. The number of carboxylic acids is 1. The van der Waals surface area contributed by atoms with Crippen LogP contribution in [0.25, 0.3) is 0 Å². The second-order valence-electron chi connectivity index (χ2n) is 7.45. The number of hydrogen-bond donors (Lipinski definition) is 2. The molecule has 0 bridgehead atoms. The molecular formula is C21H25N5O5. The van der Waals surface area contributed by atoms with Gasteiger partial charge in [-0.25, -0.2) is 24.4 Å². The number of imidazole rings is 2. The molecule has 0 unspecified atom stereocenters. The largest absolute Gasteiger partial charge is 0.480 e. The third-order valence-corrected chi connectivity index (χ3v) is 3.72. The second-order valence-corrected chi connectivity index (χ2v) is 7.45. The van der Waals surface area contributed by atoms with Gasteiger partial charge >= 0.3 is 18.1 Å². The zero-order valence-corrected chi connectivity index (χ0v) is 17.5. The predicted molar refractivity (Wildman–Crippen MR) is 112 cm³/mol. The number of carbonyl (C=O) groups excluding carboxylic acids is 2. The van der Waals surface area contributed by atoms with Gasteiger partial charge in [0.15, 0.2) is 0 Å². The molecule has 164 valence electrons. The number of hydrogen-bond acceptors (Lipinski definition) is 6. The molecule has 2 heterocycles. The van der Waals surface area contributed by atoms with E-state index < -0.39 is 23.7 Å². The van der Waals surface area contributed by atoms with Crippen molar-refractivity contribution in [3.63, 3.8) is 0 Å². The Balaban J connectivity index is 0.000000242. The van der Waals surface area contributed by atoms with E-state index in [1.54, 1.807) is 45.6 Å². The number of nitrogens with zero attached hydrogens (tertiary/aromatic N) is 4. The SMILES string of the molecule is CC(C)(C)OC(=O)N[C@@H](Cc1ccccc1)C(=O)O.O=C(n1ccnc1)n1ccnc1. The monoisotopic (exact) mass is 427 g/mol. The van der Waals surface area contributed by atoms with Crippen LogP contribution in [0.3, 0.4) is 0 Å². The molecule has 0 aliphatic rings. The average Bonchev–Trinajstić information content (AvgIpc) is 3.41. The van der Waals surface area contributed by atoms with Gasteiger partial charge < -0.3 is 15.2 Å². The molecule has 0 aliphatic carbocycles. The first-order valence-electron chi connectivity index (χ1n) is 9.42. The van der Waals surface area contributed by atoms with Gasteiger partial charge in [-0.05, 0) is 26.3 Å². The first-order valence-corrected chi connectivity index (χ1v) is 9.42.